The first-order chi connectivity index (χ1) is 9.91. The summed E-state index contributed by atoms with van der Waals surface area (Å²) in [7, 11) is -1.70. The molecule has 1 aliphatic heterocycles. The van der Waals surface area contributed by atoms with Gasteiger partial charge in [0.2, 0.25) is 10.0 Å². The molecule has 1 fully saturated rings. The van der Waals surface area contributed by atoms with Crippen LogP contribution in [0.4, 0.5) is 0 Å². The first-order valence-electron chi connectivity index (χ1n) is 7.67. The van der Waals surface area contributed by atoms with E-state index >= 15 is 0 Å². The van der Waals surface area contributed by atoms with Crippen LogP contribution < -0.4 is 0 Å². The van der Waals surface area contributed by atoms with Crippen molar-refractivity contribution < 1.29 is 8.42 Å². The first kappa shape index (κ1) is 16.5. The molecule has 0 spiro atoms. The Kier molecular flexibility index (Phi) is 5.41. The summed E-state index contributed by atoms with van der Waals surface area (Å²) in [6.07, 6.45) is 3.76. The van der Waals surface area contributed by atoms with Crippen molar-refractivity contribution in [2.75, 3.05) is 33.2 Å². The van der Waals surface area contributed by atoms with Gasteiger partial charge in [-0.1, -0.05) is 24.1 Å². The average molecular weight is 310 g/mol. The molecule has 0 unspecified atom stereocenters. The third-order valence-corrected chi connectivity index (χ3v) is 6.22. The van der Waals surface area contributed by atoms with Gasteiger partial charge in [-0.05, 0) is 51.4 Å². The number of piperidine rings is 1. The van der Waals surface area contributed by atoms with Crippen molar-refractivity contribution in [1.29, 1.82) is 0 Å². The summed E-state index contributed by atoms with van der Waals surface area (Å²) in [6, 6.07) is 5.50. The largest absolute Gasteiger partial charge is 0.302 e. The fourth-order valence-corrected chi connectivity index (χ4v) is 4.21. The second-order valence-corrected chi connectivity index (χ2v) is 8.01. The lowest BCUT2D eigenvalue weighted by molar-refractivity contribution is 0.218. The molecule has 118 valence electrons. The summed E-state index contributed by atoms with van der Waals surface area (Å²) in [6.45, 7) is 7.40. The second kappa shape index (κ2) is 6.90. The van der Waals surface area contributed by atoms with Gasteiger partial charge in [-0.2, -0.15) is 4.31 Å². The van der Waals surface area contributed by atoms with Gasteiger partial charge in [0, 0.05) is 20.1 Å². The molecule has 5 heteroatoms. The zero-order chi connectivity index (χ0) is 15.5. The third kappa shape index (κ3) is 4.05. The Morgan fingerprint density at radius 3 is 2.43 bits per heavy atom. The van der Waals surface area contributed by atoms with Gasteiger partial charge in [-0.25, -0.2) is 8.42 Å². The van der Waals surface area contributed by atoms with Gasteiger partial charge in [0.25, 0.3) is 0 Å². The predicted octanol–water partition coefficient (Wildman–Crippen LogP) is 2.41. The Bertz CT molecular complexity index is 578. The monoisotopic (exact) mass is 310 g/mol. The summed E-state index contributed by atoms with van der Waals surface area (Å²) < 4.78 is 26.8. The van der Waals surface area contributed by atoms with E-state index in [9.17, 15) is 8.42 Å². The molecule has 0 atom stereocenters. The maximum Gasteiger partial charge on any atom is 0.243 e. The van der Waals surface area contributed by atoms with E-state index in [0.29, 0.717) is 11.4 Å². The van der Waals surface area contributed by atoms with Crippen molar-refractivity contribution >= 4 is 10.0 Å². The minimum absolute atomic E-state index is 0.425. The Labute approximate surface area is 128 Å². The number of nitrogens with zero attached hydrogens (tertiary/aromatic N) is 2. The topological polar surface area (TPSA) is 40.6 Å². The van der Waals surface area contributed by atoms with Crippen molar-refractivity contribution in [1.82, 2.24) is 9.21 Å². The van der Waals surface area contributed by atoms with Gasteiger partial charge in [-0.15, -0.1) is 0 Å². The number of benzene rings is 1. The summed E-state index contributed by atoms with van der Waals surface area (Å²) in [5, 5.41) is 0. The highest BCUT2D eigenvalue weighted by Gasteiger charge is 2.23. The Morgan fingerprint density at radius 2 is 1.81 bits per heavy atom. The molecule has 0 radical (unpaired) electrons. The maximum absolute atomic E-state index is 12.6. The van der Waals surface area contributed by atoms with E-state index in [1.807, 2.05) is 26.0 Å². The van der Waals surface area contributed by atoms with E-state index in [2.05, 4.69) is 4.90 Å². The predicted molar refractivity (Wildman–Crippen MR) is 86.0 cm³/mol. The minimum Gasteiger partial charge on any atom is -0.302 e. The van der Waals surface area contributed by atoms with Gasteiger partial charge in [-0.3, -0.25) is 0 Å². The van der Waals surface area contributed by atoms with Crippen LogP contribution in [0.2, 0.25) is 0 Å². The lowest BCUT2D eigenvalue weighted by atomic mass is 10.1. The maximum atomic E-state index is 12.6. The molecule has 2 rings (SSSR count). The molecule has 4 nitrogen and oxygen atoms in total. The molecule has 1 aliphatic rings. The smallest absolute Gasteiger partial charge is 0.243 e. The van der Waals surface area contributed by atoms with Gasteiger partial charge in [0.1, 0.15) is 0 Å². The lowest BCUT2D eigenvalue weighted by Crippen LogP contribution is -2.38. The molecule has 1 saturated heterocycles. The van der Waals surface area contributed by atoms with E-state index in [-0.39, 0.29) is 0 Å². The molecule has 21 heavy (non-hydrogen) atoms. The van der Waals surface area contributed by atoms with Crippen LogP contribution in [-0.4, -0.2) is 50.8 Å². The number of hydrogen-bond donors (Lipinski definition) is 0. The molecule has 0 bridgehead atoms. The van der Waals surface area contributed by atoms with E-state index in [1.165, 1.54) is 23.6 Å². The SMILES string of the molecule is Cc1ccc(S(=O)(=O)N(C)CCN2CCCCC2)c(C)c1. The zero-order valence-electron chi connectivity index (χ0n) is 13.3. The van der Waals surface area contributed by atoms with E-state index in [1.54, 1.807) is 13.1 Å². The van der Waals surface area contributed by atoms with Gasteiger partial charge in [0.15, 0.2) is 0 Å². The number of likely N-dealkylation sites (N-methyl/N-ethyl adjacent to an activating group) is 1. The fourth-order valence-electron chi connectivity index (χ4n) is 2.84. The number of hydrogen-bond acceptors (Lipinski definition) is 3. The van der Waals surface area contributed by atoms with Crippen LogP contribution in [-0.2, 0) is 10.0 Å². The molecule has 1 aromatic carbocycles. The van der Waals surface area contributed by atoms with Crippen molar-refractivity contribution in [3.05, 3.63) is 29.3 Å². The van der Waals surface area contributed by atoms with E-state index < -0.39 is 10.0 Å². The molecule has 0 aliphatic carbocycles. The number of aryl methyl sites for hydroxylation is 2. The Balaban J connectivity index is 2.04. The van der Waals surface area contributed by atoms with Crippen LogP contribution >= 0.6 is 0 Å². The molecule has 1 aromatic rings. The molecular weight excluding hydrogens is 284 g/mol. The quantitative estimate of drug-likeness (QED) is 0.838. The number of likely N-dealkylation sites (tertiary alicyclic amines) is 1. The fraction of sp³-hybridized carbons (Fsp3) is 0.625. The highest BCUT2D eigenvalue weighted by Crippen LogP contribution is 2.20. The molecule has 1 heterocycles. The Hall–Kier alpha value is -0.910. The van der Waals surface area contributed by atoms with Crippen LogP contribution in [0.15, 0.2) is 23.1 Å². The van der Waals surface area contributed by atoms with Crippen LogP contribution in [0.3, 0.4) is 0 Å². The Morgan fingerprint density at radius 1 is 1.14 bits per heavy atom. The highest BCUT2D eigenvalue weighted by molar-refractivity contribution is 7.89. The molecule has 0 saturated carbocycles. The van der Waals surface area contributed by atoms with Crippen LogP contribution in [0, 0.1) is 13.8 Å². The van der Waals surface area contributed by atoms with Gasteiger partial charge >= 0.3 is 0 Å². The van der Waals surface area contributed by atoms with Crippen molar-refractivity contribution in [2.45, 2.75) is 38.0 Å². The standard InChI is InChI=1S/C16H26N2O2S/c1-14-7-8-16(15(2)13-14)21(19,20)17(3)11-12-18-9-5-4-6-10-18/h7-8,13H,4-6,9-12H2,1-3H3. The number of rotatable bonds is 5. The van der Waals surface area contributed by atoms with Crippen LogP contribution in [0.5, 0.6) is 0 Å². The van der Waals surface area contributed by atoms with Gasteiger partial charge in [0.05, 0.1) is 4.90 Å². The minimum atomic E-state index is -3.38. The summed E-state index contributed by atoms with van der Waals surface area (Å²) >= 11 is 0. The summed E-state index contributed by atoms with van der Waals surface area (Å²) in [4.78, 5) is 2.78. The van der Waals surface area contributed by atoms with Crippen molar-refractivity contribution in [2.24, 2.45) is 0 Å². The van der Waals surface area contributed by atoms with Crippen LogP contribution in [0.1, 0.15) is 30.4 Å². The summed E-state index contributed by atoms with van der Waals surface area (Å²) in [5.41, 5.74) is 1.90. The molecule has 0 aromatic heterocycles. The number of sulfonamides is 1. The van der Waals surface area contributed by atoms with E-state index in [4.69, 9.17) is 0 Å². The lowest BCUT2D eigenvalue weighted by Gasteiger charge is -2.28. The van der Waals surface area contributed by atoms with Crippen LogP contribution in [0.25, 0.3) is 0 Å². The normalized spacial score (nSPS) is 17.3. The first-order valence-corrected chi connectivity index (χ1v) is 9.11. The third-order valence-electron chi connectivity index (χ3n) is 4.20. The summed E-state index contributed by atoms with van der Waals surface area (Å²) in [5.74, 6) is 0. The molecule has 0 amide bonds. The molecular formula is C16H26N2O2S. The van der Waals surface area contributed by atoms with Crippen molar-refractivity contribution in [3.63, 3.8) is 0 Å². The van der Waals surface area contributed by atoms with Crippen molar-refractivity contribution in [3.8, 4) is 0 Å². The highest BCUT2D eigenvalue weighted by atomic mass is 32.2. The van der Waals surface area contributed by atoms with Gasteiger partial charge < -0.3 is 4.90 Å². The second-order valence-electron chi connectivity index (χ2n) is 6.00. The average Bonchev–Trinajstić information content (AvgIpc) is 2.45. The van der Waals surface area contributed by atoms with E-state index in [0.717, 1.165) is 30.8 Å². The zero-order valence-corrected chi connectivity index (χ0v) is 14.1. The molecule has 0 N–H and O–H groups in total.